The second-order valence-electron chi connectivity index (χ2n) is 3.74. The zero-order valence-corrected chi connectivity index (χ0v) is 10.7. The molecule has 100 valence electrons. The Morgan fingerprint density at radius 2 is 2.06 bits per heavy atom. The molecule has 0 fully saturated rings. The molecule has 0 bridgehead atoms. The summed E-state index contributed by atoms with van der Waals surface area (Å²) in [5.74, 6) is 0.775. The first kappa shape index (κ1) is 14.3. The van der Waals surface area contributed by atoms with Gasteiger partial charge in [0.1, 0.15) is 12.4 Å². The lowest BCUT2D eigenvalue weighted by Crippen LogP contribution is -2.29. The lowest BCUT2D eigenvalue weighted by molar-refractivity contribution is 0.116. The number of hydrogen-bond donors (Lipinski definition) is 2. The molecule has 0 saturated heterocycles. The van der Waals surface area contributed by atoms with E-state index in [0.29, 0.717) is 0 Å². The van der Waals surface area contributed by atoms with Gasteiger partial charge in [-0.15, -0.1) is 0 Å². The fourth-order valence-electron chi connectivity index (χ4n) is 1.58. The molecule has 2 N–H and O–H groups in total. The summed E-state index contributed by atoms with van der Waals surface area (Å²) in [6, 6.07) is 7.39. The van der Waals surface area contributed by atoms with E-state index in [1.165, 1.54) is 0 Å². The van der Waals surface area contributed by atoms with Crippen LogP contribution in [0.15, 0.2) is 24.3 Å². The van der Waals surface area contributed by atoms with Crippen LogP contribution in [0.3, 0.4) is 0 Å². The number of carbonyl (C=O) groups is 1. The molecule has 5 nitrogen and oxygen atoms in total. The number of ether oxygens (including phenoxy) is 2. The van der Waals surface area contributed by atoms with E-state index in [0.717, 1.165) is 17.7 Å². The summed E-state index contributed by atoms with van der Waals surface area (Å²) in [7, 11) is 1.61. The molecule has 1 amide bonds. The Labute approximate surface area is 107 Å². The Morgan fingerprint density at radius 3 is 2.56 bits per heavy atom. The van der Waals surface area contributed by atoms with Crippen LogP contribution in [0, 0.1) is 0 Å². The maximum absolute atomic E-state index is 11.4. The number of aliphatic hydroxyl groups excluding tert-OH is 1. The van der Waals surface area contributed by atoms with Crippen molar-refractivity contribution in [2.75, 3.05) is 20.3 Å². The van der Waals surface area contributed by atoms with Gasteiger partial charge in [0, 0.05) is 0 Å². The van der Waals surface area contributed by atoms with Crippen LogP contribution < -0.4 is 10.1 Å². The Hall–Kier alpha value is -1.75. The summed E-state index contributed by atoms with van der Waals surface area (Å²) >= 11 is 0. The third-order valence-corrected chi connectivity index (χ3v) is 2.54. The highest BCUT2D eigenvalue weighted by atomic mass is 16.6. The second-order valence-corrected chi connectivity index (χ2v) is 3.74. The van der Waals surface area contributed by atoms with Gasteiger partial charge in [0.25, 0.3) is 0 Å². The molecule has 18 heavy (non-hydrogen) atoms. The highest BCUT2D eigenvalue weighted by Crippen LogP contribution is 2.20. The van der Waals surface area contributed by atoms with Crippen molar-refractivity contribution < 1.29 is 19.4 Å². The molecular weight excluding hydrogens is 234 g/mol. The molecule has 0 aromatic heterocycles. The van der Waals surface area contributed by atoms with E-state index in [1.54, 1.807) is 7.11 Å². The van der Waals surface area contributed by atoms with Gasteiger partial charge in [0.05, 0.1) is 19.8 Å². The summed E-state index contributed by atoms with van der Waals surface area (Å²) in [5, 5.41) is 11.3. The normalized spacial score (nSPS) is 11.7. The number of benzene rings is 1. The van der Waals surface area contributed by atoms with Crippen LogP contribution in [0.25, 0.3) is 0 Å². The average molecular weight is 253 g/mol. The van der Waals surface area contributed by atoms with Crippen LogP contribution in [-0.4, -0.2) is 31.5 Å². The van der Waals surface area contributed by atoms with Gasteiger partial charge in [0.2, 0.25) is 0 Å². The number of rotatable bonds is 6. The smallest absolute Gasteiger partial charge is 0.407 e. The Kier molecular flexibility index (Phi) is 6.00. The van der Waals surface area contributed by atoms with Gasteiger partial charge in [-0.05, 0) is 24.1 Å². The zero-order chi connectivity index (χ0) is 13.4. The summed E-state index contributed by atoms with van der Waals surface area (Å²) in [4.78, 5) is 11.4. The van der Waals surface area contributed by atoms with Crippen molar-refractivity contribution in [2.45, 2.75) is 19.4 Å². The minimum Gasteiger partial charge on any atom is -0.497 e. The number of aliphatic hydroxyl groups is 1. The van der Waals surface area contributed by atoms with Crippen LogP contribution >= 0.6 is 0 Å². The van der Waals surface area contributed by atoms with Gasteiger partial charge in [-0.1, -0.05) is 19.1 Å². The molecule has 0 aliphatic heterocycles. The maximum Gasteiger partial charge on any atom is 0.407 e. The van der Waals surface area contributed by atoms with E-state index in [-0.39, 0.29) is 19.3 Å². The maximum atomic E-state index is 11.4. The molecule has 1 unspecified atom stereocenters. The van der Waals surface area contributed by atoms with Crippen LogP contribution in [0.4, 0.5) is 4.79 Å². The first-order valence-electron chi connectivity index (χ1n) is 5.89. The monoisotopic (exact) mass is 253 g/mol. The third-order valence-electron chi connectivity index (χ3n) is 2.54. The first-order valence-corrected chi connectivity index (χ1v) is 5.89. The molecule has 1 aromatic carbocycles. The minimum absolute atomic E-state index is 0.00484. The fraction of sp³-hybridized carbons (Fsp3) is 0.462. The number of amides is 1. The molecular formula is C13H19NO4. The van der Waals surface area contributed by atoms with E-state index in [2.05, 4.69) is 5.32 Å². The van der Waals surface area contributed by atoms with E-state index in [9.17, 15) is 4.79 Å². The van der Waals surface area contributed by atoms with Gasteiger partial charge in [-0.25, -0.2) is 4.79 Å². The largest absolute Gasteiger partial charge is 0.497 e. The van der Waals surface area contributed by atoms with Gasteiger partial charge in [0.15, 0.2) is 0 Å². The molecule has 0 spiro atoms. The van der Waals surface area contributed by atoms with E-state index < -0.39 is 6.09 Å². The van der Waals surface area contributed by atoms with Crippen LogP contribution in [0.1, 0.15) is 24.9 Å². The van der Waals surface area contributed by atoms with Crippen molar-refractivity contribution in [1.29, 1.82) is 0 Å². The minimum atomic E-state index is -0.522. The molecule has 1 rings (SSSR count). The third kappa shape index (κ3) is 4.25. The number of carbonyl (C=O) groups excluding carboxylic acids is 1. The second kappa shape index (κ2) is 7.55. The van der Waals surface area contributed by atoms with Crippen molar-refractivity contribution in [3.63, 3.8) is 0 Å². The quantitative estimate of drug-likeness (QED) is 0.812. The zero-order valence-electron chi connectivity index (χ0n) is 10.7. The Balaban J connectivity index is 2.61. The summed E-state index contributed by atoms with van der Waals surface area (Å²) in [6.45, 7) is 1.80. The van der Waals surface area contributed by atoms with Gasteiger partial charge in [-0.3, -0.25) is 0 Å². The van der Waals surface area contributed by atoms with Crippen molar-refractivity contribution >= 4 is 6.09 Å². The van der Waals surface area contributed by atoms with Crippen molar-refractivity contribution in [1.82, 2.24) is 5.32 Å². The summed E-state index contributed by atoms with van der Waals surface area (Å²) in [5.41, 5.74) is 0.985. The molecule has 1 atom stereocenters. The van der Waals surface area contributed by atoms with Crippen LogP contribution in [0.2, 0.25) is 0 Å². The number of hydrogen-bond acceptors (Lipinski definition) is 4. The van der Waals surface area contributed by atoms with Crippen LogP contribution in [-0.2, 0) is 4.74 Å². The van der Waals surface area contributed by atoms with E-state index in [1.807, 2.05) is 31.2 Å². The fourth-order valence-corrected chi connectivity index (χ4v) is 1.58. The summed E-state index contributed by atoms with van der Waals surface area (Å²) < 4.78 is 9.84. The lowest BCUT2D eigenvalue weighted by Gasteiger charge is -2.17. The molecule has 1 aromatic rings. The van der Waals surface area contributed by atoms with Gasteiger partial charge in [-0.2, -0.15) is 0 Å². The number of methoxy groups -OCH3 is 1. The predicted octanol–water partition coefficient (Wildman–Crippen LogP) is 1.86. The highest BCUT2D eigenvalue weighted by Gasteiger charge is 2.13. The van der Waals surface area contributed by atoms with Crippen LogP contribution in [0.5, 0.6) is 5.75 Å². The SMILES string of the molecule is CCC(NC(=O)OCCO)c1ccc(OC)cc1. The highest BCUT2D eigenvalue weighted by molar-refractivity contribution is 5.67. The first-order chi connectivity index (χ1) is 8.71. The van der Waals surface area contributed by atoms with Crippen molar-refractivity contribution in [2.24, 2.45) is 0 Å². The van der Waals surface area contributed by atoms with Gasteiger partial charge < -0.3 is 19.9 Å². The topological polar surface area (TPSA) is 67.8 Å². The van der Waals surface area contributed by atoms with Gasteiger partial charge >= 0.3 is 6.09 Å². The van der Waals surface area contributed by atoms with Crippen molar-refractivity contribution in [3.05, 3.63) is 29.8 Å². The molecule has 0 saturated carbocycles. The number of nitrogens with one attached hydrogen (secondary N) is 1. The van der Waals surface area contributed by atoms with E-state index >= 15 is 0 Å². The molecule has 0 heterocycles. The molecule has 0 aliphatic carbocycles. The Morgan fingerprint density at radius 1 is 1.39 bits per heavy atom. The standard InChI is InChI=1S/C13H19NO4/c1-3-12(14-13(16)18-9-8-15)10-4-6-11(17-2)7-5-10/h4-7,12,15H,3,8-9H2,1-2H3,(H,14,16). The predicted molar refractivity (Wildman–Crippen MR) is 67.6 cm³/mol. The summed E-state index contributed by atoms with van der Waals surface area (Å²) in [6.07, 6.45) is 0.229. The lowest BCUT2D eigenvalue weighted by atomic mass is 10.0. The average Bonchev–Trinajstić information content (AvgIpc) is 2.42. The Bertz CT molecular complexity index is 364. The van der Waals surface area contributed by atoms with E-state index in [4.69, 9.17) is 14.6 Å². The molecule has 5 heteroatoms. The number of alkyl carbamates (subject to hydrolysis) is 1. The molecule has 0 aliphatic rings. The van der Waals surface area contributed by atoms with Crippen molar-refractivity contribution in [3.8, 4) is 5.75 Å². The molecule has 0 radical (unpaired) electrons.